The number of methoxy groups -OCH3 is 1. The lowest BCUT2D eigenvalue weighted by Crippen LogP contribution is -2.22. The number of rotatable bonds is 3. The van der Waals surface area contributed by atoms with Crippen LogP contribution in [0.3, 0.4) is 0 Å². The quantitative estimate of drug-likeness (QED) is 0.437. The molecule has 0 N–H and O–H groups in total. The van der Waals surface area contributed by atoms with Gasteiger partial charge < -0.3 is 4.74 Å². The summed E-state index contributed by atoms with van der Waals surface area (Å²) in [5.74, 6) is 0.244. The predicted octanol–water partition coefficient (Wildman–Crippen LogP) is 0.882. The van der Waals surface area contributed by atoms with Crippen molar-refractivity contribution in [3.05, 3.63) is 23.8 Å². The highest BCUT2D eigenvalue weighted by atomic mass is 32.2. The Labute approximate surface area is 112 Å². The van der Waals surface area contributed by atoms with Crippen LogP contribution < -0.4 is 0 Å². The Hall–Kier alpha value is -1.14. The van der Waals surface area contributed by atoms with Crippen molar-refractivity contribution in [1.29, 1.82) is 0 Å². The van der Waals surface area contributed by atoms with Crippen molar-refractivity contribution in [1.82, 2.24) is 0 Å². The van der Waals surface area contributed by atoms with Gasteiger partial charge in [0.25, 0.3) is 10.1 Å². The van der Waals surface area contributed by atoms with Gasteiger partial charge >= 0.3 is 5.97 Å². The van der Waals surface area contributed by atoms with E-state index in [1.807, 2.05) is 12.2 Å². The maximum Gasteiger partial charge on any atom is 0.334 e. The average Bonchev–Trinajstić information content (AvgIpc) is 2.93. The highest BCUT2D eigenvalue weighted by Crippen LogP contribution is 2.55. The Balaban J connectivity index is 1.90. The number of carbonyl (C=O) groups excluding carboxylic acids is 1. The smallest absolute Gasteiger partial charge is 0.334 e. The molecular formula is C13H16O5S. The third-order valence-corrected chi connectivity index (χ3v) is 4.90. The Bertz CT molecular complexity index is 574. The Morgan fingerprint density at radius 2 is 2.11 bits per heavy atom. The van der Waals surface area contributed by atoms with Gasteiger partial charge in [-0.2, -0.15) is 8.42 Å². The molecule has 0 amide bonds. The Morgan fingerprint density at radius 3 is 2.74 bits per heavy atom. The van der Waals surface area contributed by atoms with E-state index in [0.29, 0.717) is 17.9 Å². The topological polar surface area (TPSA) is 69.7 Å². The van der Waals surface area contributed by atoms with Crippen LogP contribution in [0, 0.1) is 23.7 Å². The minimum Gasteiger partial charge on any atom is -0.466 e. The van der Waals surface area contributed by atoms with E-state index in [1.165, 1.54) is 7.11 Å². The second-order valence-corrected chi connectivity index (χ2v) is 7.02. The molecule has 0 radical (unpaired) electrons. The third-order valence-electron chi connectivity index (χ3n) is 4.30. The number of esters is 1. The van der Waals surface area contributed by atoms with Gasteiger partial charge in [0.2, 0.25) is 0 Å². The van der Waals surface area contributed by atoms with E-state index in [-0.39, 0.29) is 29.8 Å². The van der Waals surface area contributed by atoms with E-state index >= 15 is 0 Å². The minimum absolute atomic E-state index is 0.0196. The van der Waals surface area contributed by atoms with Crippen molar-refractivity contribution >= 4 is 16.1 Å². The van der Waals surface area contributed by atoms with Crippen LogP contribution in [0.2, 0.25) is 0 Å². The fraction of sp³-hybridized carbons (Fsp3) is 0.615. The molecule has 3 aliphatic carbocycles. The first-order valence-electron chi connectivity index (χ1n) is 6.27. The molecule has 6 heteroatoms. The largest absolute Gasteiger partial charge is 0.466 e. The monoisotopic (exact) mass is 284 g/mol. The van der Waals surface area contributed by atoms with Crippen LogP contribution in [-0.4, -0.2) is 33.9 Å². The average molecular weight is 284 g/mol. The molecular weight excluding hydrogens is 268 g/mol. The van der Waals surface area contributed by atoms with Crippen LogP contribution in [0.1, 0.15) is 6.42 Å². The van der Waals surface area contributed by atoms with Gasteiger partial charge in [-0.3, -0.25) is 4.18 Å². The molecule has 5 atom stereocenters. The first-order chi connectivity index (χ1) is 8.90. The molecule has 19 heavy (non-hydrogen) atoms. The van der Waals surface area contributed by atoms with Crippen molar-refractivity contribution in [3.63, 3.8) is 0 Å². The zero-order valence-electron chi connectivity index (χ0n) is 10.8. The molecule has 0 aromatic rings. The normalized spacial score (nSPS) is 39.3. The molecule has 3 rings (SSSR count). The summed E-state index contributed by atoms with van der Waals surface area (Å²) in [6.45, 7) is 0. The highest BCUT2D eigenvalue weighted by Gasteiger charge is 2.54. The van der Waals surface area contributed by atoms with E-state index < -0.39 is 10.1 Å². The van der Waals surface area contributed by atoms with Gasteiger partial charge in [-0.25, -0.2) is 4.79 Å². The summed E-state index contributed by atoms with van der Waals surface area (Å²) >= 11 is 0. The Kier molecular flexibility index (Phi) is 2.83. The molecule has 0 saturated heterocycles. The maximum absolute atomic E-state index is 11.7. The zero-order valence-corrected chi connectivity index (χ0v) is 11.6. The summed E-state index contributed by atoms with van der Waals surface area (Å²) in [6, 6.07) is 0. The lowest BCUT2D eigenvalue weighted by molar-refractivity contribution is -0.136. The van der Waals surface area contributed by atoms with E-state index in [9.17, 15) is 13.2 Å². The number of ether oxygens (including phenoxy) is 1. The summed E-state index contributed by atoms with van der Waals surface area (Å²) in [5.41, 5.74) is 0.637. The van der Waals surface area contributed by atoms with E-state index in [2.05, 4.69) is 6.08 Å². The molecule has 0 aromatic carbocycles. The van der Waals surface area contributed by atoms with Crippen LogP contribution in [0.15, 0.2) is 23.8 Å². The van der Waals surface area contributed by atoms with Gasteiger partial charge in [0.05, 0.1) is 19.5 Å². The summed E-state index contributed by atoms with van der Waals surface area (Å²) in [4.78, 5) is 11.7. The molecule has 104 valence electrons. The summed E-state index contributed by atoms with van der Waals surface area (Å²) in [6.07, 6.45) is 7.35. The van der Waals surface area contributed by atoms with Crippen LogP contribution in [0.25, 0.3) is 0 Å². The molecule has 1 fully saturated rings. The van der Waals surface area contributed by atoms with Gasteiger partial charge in [-0.1, -0.05) is 18.2 Å². The fourth-order valence-corrected chi connectivity index (χ4v) is 4.37. The molecule has 0 unspecified atom stereocenters. The molecule has 0 aliphatic heterocycles. The van der Waals surface area contributed by atoms with Crippen molar-refractivity contribution in [2.24, 2.45) is 23.7 Å². The number of carbonyl (C=O) groups is 1. The number of hydrogen-bond acceptors (Lipinski definition) is 5. The van der Waals surface area contributed by atoms with Crippen LogP contribution in [-0.2, 0) is 23.8 Å². The number of allylic oxidation sites excluding steroid dienone is 2. The molecule has 5 nitrogen and oxygen atoms in total. The fourth-order valence-electron chi connectivity index (χ4n) is 3.72. The second-order valence-electron chi connectivity index (χ2n) is 5.42. The van der Waals surface area contributed by atoms with Crippen LogP contribution in [0.5, 0.6) is 0 Å². The molecule has 1 saturated carbocycles. The molecule has 0 heterocycles. The van der Waals surface area contributed by atoms with E-state index in [4.69, 9.17) is 8.92 Å². The third kappa shape index (κ3) is 2.03. The highest BCUT2D eigenvalue weighted by molar-refractivity contribution is 7.86. The van der Waals surface area contributed by atoms with Gasteiger partial charge in [-0.05, 0) is 18.3 Å². The van der Waals surface area contributed by atoms with Crippen molar-refractivity contribution in [3.8, 4) is 0 Å². The lowest BCUT2D eigenvalue weighted by atomic mass is 9.88. The summed E-state index contributed by atoms with van der Waals surface area (Å²) in [5, 5.41) is 0. The second kappa shape index (κ2) is 4.18. The molecule has 0 spiro atoms. The van der Waals surface area contributed by atoms with Crippen LogP contribution in [0.4, 0.5) is 0 Å². The van der Waals surface area contributed by atoms with Gasteiger partial charge in [-0.15, -0.1) is 0 Å². The summed E-state index contributed by atoms with van der Waals surface area (Å²) < 4.78 is 32.6. The number of hydrogen-bond donors (Lipinski definition) is 0. The van der Waals surface area contributed by atoms with Crippen LogP contribution >= 0.6 is 0 Å². The van der Waals surface area contributed by atoms with Gasteiger partial charge in [0, 0.05) is 17.4 Å². The van der Waals surface area contributed by atoms with Gasteiger partial charge in [0.1, 0.15) is 0 Å². The van der Waals surface area contributed by atoms with Crippen molar-refractivity contribution in [2.45, 2.75) is 12.5 Å². The van der Waals surface area contributed by atoms with Gasteiger partial charge in [0.15, 0.2) is 0 Å². The SMILES string of the molecule is COC(=O)C1=C[C@H]2[C@H]3[C@@H](C=C[C@@H]13)C[C@H]2OS(C)(=O)=O. The predicted molar refractivity (Wildman–Crippen MR) is 67.5 cm³/mol. The zero-order chi connectivity index (χ0) is 13.8. The molecule has 3 aliphatic rings. The molecule has 0 bridgehead atoms. The van der Waals surface area contributed by atoms with Crippen molar-refractivity contribution in [2.75, 3.05) is 13.4 Å². The minimum atomic E-state index is -3.48. The Morgan fingerprint density at radius 1 is 1.37 bits per heavy atom. The summed E-state index contributed by atoms with van der Waals surface area (Å²) in [7, 11) is -2.12. The molecule has 0 aromatic heterocycles. The lowest BCUT2D eigenvalue weighted by Gasteiger charge is -2.18. The standard InChI is InChI=1S/C13H16O5S/c1-17-13(14)9-6-10-11(18-19(2,15)16)5-7-3-4-8(9)12(7)10/h3-4,6-8,10-12H,5H2,1-2H3/t7-,8-,10+,11+,12-/m0/s1. The van der Waals surface area contributed by atoms with E-state index in [1.54, 1.807) is 0 Å². The first-order valence-corrected chi connectivity index (χ1v) is 8.09. The van der Waals surface area contributed by atoms with Crippen molar-refractivity contribution < 1.29 is 22.1 Å². The first kappa shape index (κ1) is 12.9. The maximum atomic E-state index is 11.7. The van der Waals surface area contributed by atoms with E-state index in [0.717, 1.165) is 6.26 Å².